The fourth-order valence-corrected chi connectivity index (χ4v) is 5.56. The number of anilines is 2. The number of nitrogens with zero attached hydrogens (tertiary/aromatic N) is 4. The normalized spacial score (nSPS) is 16.9. The van der Waals surface area contributed by atoms with Crippen LogP contribution >= 0.6 is 23.1 Å². The van der Waals surface area contributed by atoms with Crippen LogP contribution in [-0.4, -0.2) is 39.7 Å². The molecule has 0 bridgehead atoms. The number of benzene rings is 1. The molecule has 8 heteroatoms. The van der Waals surface area contributed by atoms with Crippen molar-refractivity contribution in [3.05, 3.63) is 36.2 Å². The van der Waals surface area contributed by atoms with Gasteiger partial charge in [-0.15, -0.1) is 0 Å². The summed E-state index contributed by atoms with van der Waals surface area (Å²) in [5.41, 5.74) is 2.76. The number of hydrogen-bond acceptors (Lipinski definition) is 7. The number of fused-ring (bicyclic) bond motifs is 1. The Balaban J connectivity index is 1.43. The average molecular weight is 442 g/mol. The lowest BCUT2D eigenvalue weighted by atomic mass is 10.0. The van der Waals surface area contributed by atoms with Crippen LogP contribution in [0.5, 0.6) is 0 Å². The van der Waals surface area contributed by atoms with Crippen molar-refractivity contribution in [3.63, 3.8) is 0 Å². The van der Waals surface area contributed by atoms with Gasteiger partial charge in [-0.3, -0.25) is 4.79 Å². The molecule has 2 aromatic heterocycles. The number of piperidine rings is 1. The summed E-state index contributed by atoms with van der Waals surface area (Å²) in [7, 11) is 0. The topological polar surface area (TPSA) is 71.0 Å². The maximum atomic E-state index is 12.5. The molecular formula is C22H27N5OS2. The van der Waals surface area contributed by atoms with E-state index in [0.717, 1.165) is 39.3 Å². The molecule has 1 fully saturated rings. The molecule has 1 amide bonds. The van der Waals surface area contributed by atoms with Crippen molar-refractivity contribution in [2.75, 3.05) is 29.1 Å². The Kier molecular flexibility index (Phi) is 6.53. The van der Waals surface area contributed by atoms with Crippen molar-refractivity contribution in [1.82, 2.24) is 15.0 Å². The Bertz CT molecular complexity index is 1040. The number of hydrogen-bond donors (Lipinski definition) is 1. The Morgan fingerprint density at radius 1 is 1.37 bits per heavy atom. The molecule has 30 heavy (non-hydrogen) atoms. The molecule has 1 N–H and O–H groups in total. The van der Waals surface area contributed by atoms with Gasteiger partial charge in [0.15, 0.2) is 10.8 Å². The first-order valence-corrected chi connectivity index (χ1v) is 12.2. The molecule has 1 atom stereocenters. The first-order valence-electron chi connectivity index (χ1n) is 10.4. The molecule has 158 valence electrons. The van der Waals surface area contributed by atoms with Gasteiger partial charge in [-0.2, -0.15) is 4.98 Å². The number of rotatable bonds is 6. The summed E-state index contributed by atoms with van der Waals surface area (Å²) in [5.74, 6) is 1.37. The molecule has 6 nitrogen and oxygen atoms in total. The van der Waals surface area contributed by atoms with E-state index in [1.165, 1.54) is 36.5 Å². The third-order valence-corrected chi connectivity index (χ3v) is 7.48. The second-order valence-electron chi connectivity index (χ2n) is 8.14. The van der Waals surface area contributed by atoms with Crippen LogP contribution in [0.2, 0.25) is 0 Å². The van der Waals surface area contributed by atoms with Crippen LogP contribution in [0.3, 0.4) is 0 Å². The predicted octanol–water partition coefficient (Wildman–Crippen LogP) is 5.18. The van der Waals surface area contributed by atoms with Gasteiger partial charge in [0.1, 0.15) is 16.1 Å². The van der Waals surface area contributed by atoms with E-state index in [1.807, 2.05) is 18.2 Å². The maximum Gasteiger partial charge on any atom is 0.234 e. The van der Waals surface area contributed by atoms with E-state index in [2.05, 4.69) is 47.0 Å². The lowest BCUT2D eigenvalue weighted by Crippen LogP contribution is -2.34. The van der Waals surface area contributed by atoms with Gasteiger partial charge in [-0.05, 0) is 42.4 Å². The van der Waals surface area contributed by atoms with E-state index < -0.39 is 0 Å². The molecule has 0 radical (unpaired) electrons. The van der Waals surface area contributed by atoms with Crippen LogP contribution in [0.1, 0.15) is 45.1 Å². The highest BCUT2D eigenvalue weighted by atomic mass is 32.2. The summed E-state index contributed by atoms with van der Waals surface area (Å²) in [6.45, 7) is 8.65. The van der Waals surface area contributed by atoms with Gasteiger partial charge in [0, 0.05) is 18.8 Å². The average Bonchev–Trinajstić information content (AvgIpc) is 3.17. The molecule has 3 heterocycles. The summed E-state index contributed by atoms with van der Waals surface area (Å²) in [4.78, 5) is 28.3. The molecule has 0 spiro atoms. The Hall–Kier alpha value is -2.19. The molecule has 1 aliphatic heterocycles. The van der Waals surface area contributed by atoms with Gasteiger partial charge in [0.25, 0.3) is 0 Å². The maximum absolute atomic E-state index is 12.5. The third-order valence-electron chi connectivity index (χ3n) is 5.25. The van der Waals surface area contributed by atoms with Gasteiger partial charge in [0.2, 0.25) is 5.91 Å². The summed E-state index contributed by atoms with van der Waals surface area (Å²) in [5, 5.41) is 4.82. The lowest BCUT2D eigenvalue weighted by molar-refractivity contribution is -0.113. The molecule has 1 aliphatic rings. The number of amides is 1. The van der Waals surface area contributed by atoms with Crippen molar-refractivity contribution in [2.45, 2.75) is 44.6 Å². The minimum absolute atomic E-state index is 0.0396. The van der Waals surface area contributed by atoms with E-state index in [1.54, 1.807) is 11.3 Å². The van der Waals surface area contributed by atoms with Crippen molar-refractivity contribution in [2.24, 2.45) is 5.92 Å². The van der Waals surface area contributed by atoms with E-state index in [0.29, 0.717) is 17.6 Å². The van der Waals surface area contributed by atoms with Gasteiger partial charge in [0.05, 0.1) is 5.75 Å². The summed E-state index contributed by atoms with van der Waals surface area (Å²) < 4.78 is 0.963. The van der Waals surface area contributed by atoms with Crippen LogP contribution < -0.4 is 10.2 Å². The first kappa shape index (κ1) is 21.1. The number of carbonyl (C=O) groups excluding carboxylic acids is 1. The summed E-state index contributed by atoms with van der Waals surface area (Å²) >= 11 is 3.07. The highest BCUT2D eigenvalue weighted by Crippen LogP contribution is 2.35. The number of carbonyl (C=O) groups is 1. The minimum Gasteiger partial charge on any atom is -0.348 e. The molecule has 4 rings (SSSR count). The van der Waals surface area contributed by atoms with Crippen molar-refractivity contribution in [1.29, 1.82) is 0 Å². The third kappa shape index (κ3) is 4.92. The minimum atomic E-state index is -0.0396. The van der Waals surface area contributed by atoms with E-state index in [4.69, 9.17) is 4.98 Å². The molecule has 1 aromatic carbocycles. The van der Waals surface area contributed by atoms with Crippen LogP contribution in [0.15, 0.2) is 35.6 Å². The zero-order chi connectivity index (χ0) is 21.1. The number of aromatic nitrogens is 3. The number of thioether (sulfide) groups is 1. The summed E-state index contributed by atoms with van der Waals surface area (Å²) in [6, 6.07) is 8.02. The highest BCUT2D eigenvalue weighted by molar-refractivity contribution is 8.00. The number of nitrogens with one attached hydrogen (secondary N) is 1. The quantitative estimate of drug-likeness (QED) is 0.420. The first-order chi connectivity index (χ1) is 14.5. The van der Waals surface area contributed by atoms with Crippen molar-refractivity contribution >= 4 is 50.2 Å². The molecule has 0 aliphatic carbocycles. The molecule has 1 unspecified atom stereocenters. The zero-order valence-corrected chi connectivity index (χ0v) is 19.2. The Morgan fingerprint density at radius 2 is 2.23 bits per heavy atom. The van der Waals surface area contributed by atoms with Gasteiger partial charge < -0.3 is 10.2 Å². The SMILES string of the molecule is CC1CCCN(c2nc3ncnc(SCC(=O)Nc4cccc(C(C)C)c4)c3s2)C1. The summed E-state index contributed by atoms with van der Waals surface area (Å²) in [6.07, 6.45) is 4.01. The lowest BCUT2D eigenvalue weighted by Gasteiger charge is -2.30. The highest BCUT2D eigenvalue weighted by Gasteiger charge is 2.21. The molecule has 3 aromatic rings. The van der Waals surface area contributed by atoms with Crippen LogP contribution in [-0.2, 0) is 4.79 Å². The fourth-order valence-electron chi connectivity index (χ4n) is 3.63. The largest absolute Gasteiger partial charge is 0.348 e. The van der Waals surface area contributed by atoms with E-state index in [9.17, 15) is 4.79 Å². The monoisotopic (exact) mass is 441 g/mol. The van der Waals surface area contributed by atoms with E-state index >= 15 is 0 Å². The van der Waals surface area contributed by atoms with Gasteiger partial charge >= 0.3 is 0 Å². The molecule has 0 saturated carbocycles. The second-order valence-corrected chi connectivity index (χ2v) is 10.1. The fraction of sp³-hybridized carbons (Fsp3) is 0.455. The van der Waals surface area contributed by atoms with Crippen LogP contribution in [0, 0.1) is 5.92 Å². The number of thiazole rings is 1. The molecule has 1 saturated heterocycles. The van der Waals surface area contributed by atoms with Gasteiger partial charge in [-0.25, -0.2) is 9.97 Å². The van der Waals surface area contributed by atoms with Crippen molar-refractivity contribution in [3.8, 4) is 0 Å². The van der Waals surface area contributed by atoms with Crippen molar-refractivity contribution < 1.29 is 4.79 Å². The molecular weight excluding hydrogens is 414 g/mol. The van der Waals surface area contributed by atoms with Crippen LogP contribution in [0.25, 0.3) is 10.3 Å². The standard InChI is InChI=1S/C22H27N5OS2/c1-14(2)16-7-4-8-17(10-16)25-18(28)12-29-21-19-20(23-13-24-21)26-22(30-19)27-9-5-6-15(3)11-27/h4,7-8,10,13-15H,5-6,9,11-12H2,1-3H3,(H,25,28). The Labute approximate surface area is 185 Å². The van der Waals surface area contributed by atoms with E-state index in [-0.39, 0.29) is 5.91 Å². The predicted molar refractivity (Wildman–Crippen MR) is 126 cm³/mol. The Morgan fingerprint density at radius 3 is 3.03 bits per heavy atom. The smallest absolute Gasteiger partial charge is 0.234 e. The zero-order valence-electron chi connectivity index (χ0n) is 17.6. The second kappa shape index (κ2) is 9.31. The van der Waals surface area contributed by atoms with Gasteiger partial charge in [-0.1, -0.05) is 56.0 Å². The van der Waals surface area contributed by atoms with Crippen LogP contribution in [0.4, 0.5) is 10.8 Å².